The Morgan fingerprint density at radius 2 is 2.17 bits per heavy atom. The smallest absolute Gasteiger partial charge is 0.143 e. The van der Waals surface area contributed by atoms with Crippen molar-refractivity contribution < 1.29 is 4.39 Å². The van der Waals surface area contributed by atoms with Gasteiger partial charge in [0.1, 0.15) is 17.4 Å². The lowest BCUT2D eigenvalue weighted by Crippen LogP contribution is -2.01. The molecule has 1 aromatic carbocycles. The summed E-state index contributed by atoms with van der Waals surface area (Å²) in [6.07, 6.45) is 3.03. The van der Waals surface area contributed by atoms with Gasteiger partial charge in [-0.25, -0.2) is 4.39 Å². The normalized spacial score (nSPS) is 9.83. The van der Waals surface area contributed by atoms with Gasteiger partial charge in [-0.15, -0.1) is 0 Å². The van der Waals surface area contributed by atoms with E-state index in [2.05, 4.69) is 26.2 Å². The second kappa shape index (κ2) is 5.02. The molecule has 0 radical (unpaired) electrons. The molecule has 0 amide bonds. The van der Waals surface area contributed by atoms with E-state index in [1.165, 1.54) is 18.3 Å². The molecule has 0 aliphatic carbocycles. The number of hydrogen-bond donors (Lipinski definition) is 2. The Morgan fingerprint density at radius 3 is 2.83 bits per heavy atom. The molecule has 6 heteroatoms. The molecule has 0 bridgehead atoms. The van der Waals surface area contributed by atoms with Gasteiger partial charge in [-0.3, -0.25) is 4.98 Å². The van der Waals surface area contributed by atoms with Crippen molar-refractivity contribution in [3.05, 3.63) is 46.4 Å². The van der Waals surface area contributed by atoms with Crippen LogP contribution in [0.25, 0.3) is 0 Å². The van der Waals surface area contributed by atoms with Crippen molar-refractivity contribution in [2.24, 2.45) is 0 Å². The number of nitriles is 1. The van der Waals surface area contributed by atoms with Gasteiger partial charge in [0.15, 0.2) is 0 Å². The van der Waals surface area contributed by atoms with Crippen molar-refractivity contribution in [3.8, 4) is 6.07 Å². The first-order valence-corrected chi connectivity index (χ1v) is 5.77. The maximum Gasteiger partial charge on any atom is 0.143 e. The van der Waals surface area contributed by atoms with Crippen molar-refractivity contribution >= 4 is 33.0 Å². The van der Waals surface area contributed by atoms with E-state index >= 15 is 0 Å². The highest BCUT2D eigenvalue weighted by molar-refractivity contribution is 9.10. The van der Waals surface area contributed by atoms with Crippen LogP contribution in [-0.4, -0.2) is 4.98 Å². The van der Waals surface area contributed by atoms with Gasteiger partial charge in [-0.05, 0) is 28.1 Å². The Bertz CT molecular complexity index is 616. The van der Waals surface area contributed by atoms with Gasteiger partial charge < -0.3 is 11.1 Å². The van der Waals surface area contributed by atoms with Gasteiger partial charge in [0.05, 0.1) is 27.7 Å². The van der Waals surface area contributed by atoms with E-state index in [1.54, 1.807) is 12.3 Å². The molecule has 0 aliphatic rings. The standard InChI is InChI=1S/C12H8BrFN4/c13-8-5-17-6-10(16)12(8)18-11-3-1-2-9(14)7(11)4-15/h1-3,5-6H,16H2,(H,17,18). The molecule has 1 heterocycles. The molecule has 2 rings (SSSR count). The van der Waals surface area contributed by atoms with Crippen LogP contribution in [0.2, 0.25) is 0 Å². The maximum atomic E-state index is 13.4. The number of rotatable bonds is 2. The number of nitrogens with two attached hydrogens (primary N) is 1. The molecule has 4 nitrogen and oxygen atoms in total. The first-order chi connectivity index (χ1) is 8.63. The van der Waals surface area contributed by atoms with Crippen molar-refractivity contribution in [2.75, 3.05) is 11.1 Å². The van der Waals surface area contributed by atoms with Crippen LogP contribution in [0.15, 0.2) is 35.1 Å². The van der Waals surface area contributed by atoms with Crippen molar-refractivity contribution in [3.63, 3.8) is 0 Å². The fraction of sp³-hybridized carbons (Fsp3) is 0. The summed E-state index contributed by atoms with van der Waals surface area (Å²) in [6.45, 7) is 0. The summed E-state index contributed by atoms with van der Waals surface area (Å²) in [5.41, 5.74) is 7.02. The Balaban J connectivity index is 2.48. The van der Waals surface area contributed by atoms with E-state index in [9.17, 15) is 4.39 Å². The summed E-state index contributed by atoms with van der Waals surface area (Å²) in [6, 6.07) is 6.17. The summed E-state index contributed by atoms with van der Waals surface area (Å²) >= 11 is 3.29. The van der Waals surface area contributed by atoms with E-state index in [-0.39, 0.29) is 5.56 Å². The van der Waals surface area contributed by atoms with Gasteiger partial charge >= 0.3 is 0 Å². The van der Waals surface area contributed by atoms with Crippen LogP contribution in [0.1, 0.15) is 5.56 Å². The number of halogens is 2. The van der Waals surface area contributed by atoms with Gasteiger partial charge in [0.25, 0.3) is 0 Å². The third-order valence-electron chi connectivity index (χ3n) is 2.31. The van der Waals surface area contributed by atoms with E-state index in [1.807, 2.05) is 6.07 Å². The molecular weight excluding hydrogens is 299 g/mol. The Hall–Kier alpha value is -2.13. The number of hydrogen-bond acceptors (Lipinski definition) is 4. The van der Waals surface area contributed by atoms with Gasteiger partial charge in [-0.1, -0.05) is 6.07 Å². The fourth-order valence-electron chi connectivity index (χ4n) is 1.46. The number of benzene rings is 1. The van der Waals surface area contributed by atoms with E-state index in [0.29, 0.717) is 21.5 Å². The maximum absolute atomic E-state index is 13.4. The number of pyridine rings is 1. The van der Waals surface area contributed by atoms with Crippen molar-refractivity contribution in [2.45, 2.75) is 0 Å². The number of nitrogens with zero attached hydrogens (tertiary/aromatic N) is 2. The molecule has 0 fully saturated rings. The van der Waals surface area contributed by atoms with Gasteiger partial charge in [0.2, 0.25) is 0 Å². The molecule has 0 saturated heterocycles. The zero-order chi connectivity index (χ0) is 13.1. The summed E-state index contributed by atoms with van der Waals surface area (Å²) in [7, 11) is 0. The second-order valence-electron chi connectivity index (χ2n) is 3.48. The molecule has 0 aliphatic heterocycles. The number of anilines is 3. The second-order valence-corrected chi connectivity index (χ2v) is 4.34. The molecule has 18 heavy (non-hydrogen) atoms. The third kappa shape index (κ3) is 2.26. The molecule has 0 saturated carbocycles. The van der Waals surface area contributed by atoms with Crippen molar-refractivity contribution in [1.82, 2.24) is 4.98 Å². The van der Waals surface area contributed by atoms with E-state index < -0.39 is 5.82 Å². The Morgan fingerprint density at radius 1 is 1.39 bits per heavy atom. The summed E-state index contributed by atoms with van der Waals surface area (Å²) < 4.78 is 14.1. The minimum Gasteiger partial charge on any atom is -0.396 e. The minimum atomic E-state index is -0.578. The molecule has 0 spiro atoms. The van der Waals surface area contributed by atoms with Crippen LogP contribution < -0.4 is 11.1 Å². The summed E-state index contributed by atoms with van der Waals surface area (Å²) in [5, 5.41) is 11.9. The Labute approximate surface area is 111 Å². The highest BCUT2D eigenvalue weighted by Crippen LogP contribution is 2.31. The van der Waals surface area contributed by atoms with Crippen LogP contribution >= 0.6 is 15.9 Å². The van der Waals surface area contributed by atoms with Gasteiger partial charge in [0, 0.05) is 6.20 Å². The molecule has 0 unspecified atom stereocenters. The topological polar surface area (TPSA) is 74.7 Å². The number of nitrogen functional groups attached to an aromatic ring is 1. The SMILES string of the molecule is N#Cc1c(F)cccc1Nc1c(N)cncc1Br. The molecule has 2 aromatic rings. The molecular formula is C12H8BrFN4. The summed E-state index contributed by atoms with van der Waals surface area (Å²) in [4.78, 5) is 3.90. The third-order valence-corrected chi connectivity index (χ3v) is 2.92. The fourth-order valence-corrected chi connectivity index (χ4v) is 1.90. The van der Waals surface area contributed by atoms with Crippen molar-refractivity contribution in [1.29, 1.82) is 5.26 Å². The predicted molar refractivity (Wildman–Crippen MR) is 70.7 cm³/mol. The van der Waals surface area contributed by atoms with Crippen LogP contribution in [0.3, 0.4) is 0 Å². The van der Waals surface area contributed by atoms with Crippen LogP contribution in [-0.2, 0) is 0 Å². The van der Waals surface area contributed by atoms with E-state index in [0.717, 1.165) is 0 Å². The average Bonchev–Trinajstić information content (AvgIpc) is 2.34. The number of aromatic nitrogens is 1. The van der Waals surface area contributed by atoms with Crippen LogP contribution in [0.5, 0.6) is 0 Å². The average molecular weight is 307 g/mol. The molecule has 0 atom stereocenters. The number of nitrogens with one attached hydrogen (secondary N) is 1. The zero-order valence-electron chi connectivity index (χ0n) is 9.11. The highest BCUT2D eigenvalue weighted by atomic mass is 79.9. The monoisotopic (exact) mass is 306 g/mol. The first kappa shape index (κ1) is 12.3. The quantitative estimate of drug-likeness (QED) is 0.893. The molecule has 1 aromatic heterocycles. The largest absolute Gasteiger partial charge is 0.396 e. The van der Waals surface area contributed by atoms with Gasteiger partial charge in [-0.2, -0.15) is 5.26 Å². The lowest BCUT2D eigenvalue weighted by atomic mass is 10.1. The van der Waals surface area contributed by atoms with E-state index in [4.69, 9.17) is 11.0 Å². The highest BCUT2D eigenvalue weighted by Gasteiger charge is 2.11. The minimum absolute atomic E-state index is 0.0550. The summed E-state index contributed by atoms with van der Waals surface area (Å²) in [5.74, 6) is -0.578. The van der Waals surface area contributed by atoms with Crippen LogP contribution in [0, 0.1) is 17.1 Å². The lowest BCUT2D eigenvalue weighted by Gasteiger charge is -2.12. The predicted octanol–water partition coefficient (Wildman–Crippen LogP) is 3.18. The first-order valence-electron chi connectivity index (χ1n) is 4.98. The van der Waals surface area contributed by atoms with Crippen LogP contribution in [0.4, 0.5) is 21.5 Å². The molecule has 90 valence electrons. The lowest BCUT2D eigenvalue weighted by molar-refractivity contribution is 0.624. The molecule has 3 N–H and O–H groups in total. The Kier molecular flexibility index (Phi) is 3.44. The zero-order valence-corrected chi connectivity index (χ0v) is 10.7.